The second-order valence-electron chi connectivity index (χ2n) is 5.54. The molecular formula is C15H19N3OS. The highest BCUT2D eigenvalue weighted by atomic mass is 32.1. The van der Waals surface area contributed by atoms with Crippen molar-refractivity contribution in [2.24, 2.45) is 0 Å². The maximum absolute atomic E-state index is 12.7. The molecule has 0 saturated carbocycles. The summed E-state index contributed by atoms with van der Waals surface area (Å²) in [7, 11) is 0. The van der Waals surface area contributed by atoms with Gasteiger partial charge in [0, 0.05) is 18.2 Å². The number of piperidine rings is 1. The Balaban J connectivity index is 1.98. The van der Waals surface area contributed by atoms with Crippen LogP contribution in [-0.2, 0) is 0 Å². The average Bonchev–Trinajstić information content (AvgIpc) is 2.79. The van der Waals surface area contributed by atoms with Crippen molar-refractivity contribution in [1.29, 1.82) is 0 Å². The molecule has 0 unspecified atom stereocenters. The fraction of sp³-hybridized carbons (Fsp3) is 0.467. The molecule has 3 rings (SSSR count). The molecule has 0 radical (unpaired) electrons. The largest absolute Gasteiger partial charge is 0.375 e. The zero-order chi connectivity index (χ0) is 14.3. The molecule has 5 heteroatoms. The van der Waals surface area contributed by atoms with Crippen LogP contribution < -0.4 is 5.73 Å². The minimum atomic E-state index is 0.133. The van der Waals surface area contributed by atoms with Crippen LogP contribution in [-0.4, -0.2) is 28.4 Å². The van der Waals surface area contributed by atoms with Crippen molar-refractivity contribution in [2.45, 2.75) is 39.2 Å². The molecule has 4 nitrogen and oxygen atoms in total. The van der Waals surface area contributed by atoms with Crippen molar-refractivity contribution in [3.63, 3.8) is 0 Å². The van der Waals surface area contributed by atoms with E-state index in [2.05, 4.69) is 11.9 Å². The van der Waals surface area contributed by atoms with Gasteiger partial charge in [-0.3, -0.25) is 4.79 Å². The number of benzene rings is 1. The molecule has 2 heterocycles. The second kappa shape index (κ2) is 5.05. The van der Waals surface area contributed by atoms with Gasteiger partial charge < -0.3 is 10.6 Å². The lowest BCUT2D eigenvalue weighted by Gasteiger charge is -2.33. The molecule has 106 valence electrons. The predicted octanol–water partition coefficient (Wildman–Crippen LogP) is 3.20. The van der Waals surface area contributed by atoms with Crippen molar-refractivity contribution in [2.75, 3.05) is 12.3 Å². The van der Waals surface area contributed by atoms with Crippen molar-refractivity contribution >= 4 is 32.6 Å². The third-order valence-corrected chi connectivity index (χ3v) is 4.84. The number of aromatic nitrogens is 1. The highest BCUT2D eigenvalue weighted by Gasteiger charge is 2.24. The lowest BCUT2D eigenvalue weighted by Crippen LogP contribution is -2.42. The zero-order valence-electron chi connectivity index (χ0n) is 11.8. The van der Waals surface area contributed by atoms with E-state index in [9.17, 15) is 4.79 Å². The Morgan fingerprint density at radius 2 is 2.25 bits per heavy atom. The number of likely N-dealkylation sites (tertiary alicyclic amines) is 1. The topological polar surface area (TPSA) is 59.2 Å². The molecule has 2 aromatic rings. The summed E-state index contributed by atoms with van der Waals surface area (Å²) in [4.78, 5) is 19.0. The number of carbonyl (C=O) groups excluding carboxylic acids is 1. The molecule has 1 amide bonds. The van der Waals surface area contributed by atoms with E-state index in [-0.39, 0.29) is 5.91 Å². The molecule has 0 aliphatic carbocycles. The van der Waals surface area contributed by atoms with Crippen molar-refractivity contribution in [3.05, 3.63) is 23.3 Å². The first-order chi connectivity index (χ1) is 9.56. The molecule has 1 aromatic heterocycles. The van der Waals surface area contributed by atoms with Gasteiger partial charge >= 0.3 is 0 Å². The third kappa shape index (κ3) is 2.26. The maximum atomic E-state index is 12.7. The molecule has 1 atom stereocenters. The quantitative estimate of drug-likeness (QED) is 0.877. The van der Waals surface area contributed by atoms with Gasteiger partial charge in [0.2, 0.25) is 0 Å². The first-order valence-corrected chi connectivity index (χ1v) is 7.85. The minimum Gasteiger partial charge on any atom is -0.375 e. The normalized spacial score (nSPS) is 19.5. The number of nitrogen functional groups attached to an aromatic ring is 1. The summed E-state index contributed by atoms with van der Waals surface area (Å²) in [6, 6.07) is 4.20. The number of hydrogen-bond donors (Lipinski definition) is 1. The van der Waals surface area contributed by atoms with E-state index in [1.54, 1.807) is 0 Å². The number of nitrogens with zero attached hydrogens (tertiary/aromatic N) is 2. The van der Waals surface area contributed by atoms with E-state index in [0.29, 0.717) is 11.2 Å². The van der Waals surface area contributed by atoms with Crippen LogP contribution in [0.4, 0.5) is 5.13 Å². The highest BCUT2D eigenvalue weighted by Crippen LogP contribution is 2.29. The second-order valence-corrected chi connectivity index (χ2v) is 6.60. The summed E-state index contributed by atoms with van der Waals surface area (Å²) in [6.07, 6.45) is 3.42. The van der Waals surface area contributed by atoms with Crippen molar-refractivity contribution in [3.8, 4) is 0 Å². The third-order valence-electron chi connectivity index (χ3n) is 4.01. The van der Waals surface area contributed by atoms with Crippen LogP contribution in [0.5, 0.6) is 0 Å². The number of carbonyl (C=O) groups is 1. The van der Waals surface area contributed by atoms with Gasteiger partial charge in [0.15, 0.2) is 5.13 Å². The Kier molecular flexibility index (Phi) is 3.38. The average molecular weight is 289 g/mol. The van der Waals surface area contributed by atoms with Crippen molar-refractivity contribution in [1.82, 2.24) is 9.88 Å². The van der Waals surface area contributed by atoms with Gasteiger partial charge in [0.1, 0.15) is 0 Å². The van der Waals surface area contributed by atoms with Gasteiger partial charge in [0.25, 0.3) is 5.91 Å². The van der Waals surface area contributed by atoms with Crippen LogP contribution in [0.1, 0.15) is 42.1 Å². The molecule has 2 N–H and O–H groups in total. The summed E-state index contributed by atoms with van der Waals surface area (Å²) in [6.45, 7) is 4.98. The van der Waals surface area contributed by atoms with Gasteiger partial charge in [-0.1, -0.05) is 11.3 Å². The number of nitrogens with two attached hydrogens (primary N) is 1. The van der Waals surface area contributed by atoms with Crippen LogP contribution in [0, 0.1) is 6.92 Å². The highest BCUT2D eigenvalue weighted by molar-refractivity contribution is 7.22. The van der Waals surface area contributed by atoms with Gasteiger partial charge in [-0.2, -0.15) is 0 Å². The lowest BCUT2D eigenvalue weighted by molar-refractivity contribution is 0.0635. The molecule has 20 heavy (non-hydrogen) atoms. The first kappa shape index (κ1) is 13.4. The summed E-state index contributed by atoms with van der Waals surface area (Å²) in [5.41, 5.74) is 8.45. The molecule has 0 bridgehead atoms. The number of rotatable bonds is 1. The summed E-state index contributed by atoms with van der Waals surface area (Å²) in [5, 5.41) is 0.555. The molecular weight excluding hydrogens is 270 g/mol. The lowest BCUT2D eigenvalue weighted by atomic mass is 10.0. The number of anilines is 1. The van der Waals surface area contributed by atoms with Crippen LogP contribution >= 0.6 is 11.3 Å². The molecule has 1 aliphatic heterocycles. The van der Waals surface area contributed by atoms with E-state index in [1.165, 1.54) is 17.8 Å². The molecule has 1 fully saturated rings. The van der Waals surface area contributed by atoms with Crippen molar-refractivity contribution < 1.29 is 4.79 Å². The maximum Gasteiger partial charge on any atom is 0.254 e. The Morgan fingerprint density at radius 1 is 1.45 bits per heavy atom. The molecule has 0 spiro atoms. The number of amides is 1. The van der Waals surface area contributed by atoms with Crippen LogP contribution in [0.2, 0.25) is 0 Å². The standard InChI is InChI=1S/C15H19N3OS/c1-9-7-11(8-12-13(9)17-15(16)20-12)14(19)18-6-4-3-5-10(18)2/h7-8,10H,3-6H2,1-2H3,(H2,16,17)/t10-/m0/s1. The van der Waals surface area contributed by atoms with E-state index in [4.69, 9.17) is 5.73 Å². The van der Waals surface area contributed by atoms with E-state index >= 15 is 0 Å². The van der Waals surface area contributed by atoms with E-state index < -0.39 is 0 Å². The Hall–Kier alpha value is -1.62. The van der Waals surface area contributed by atoms with Crippen LogP contribution in [0.25, 0.3) is 10.2 Å². The van der Waals surface area contributed by atoms with E-state index in [1.807, 2.05) is 24.0 Å². The fourth-order valence-electron chi connectivity index (χ4n) is 2.90. The summed E-state index contributed by atoms with van der Waals surface area (Å²) < 4.78 is 0.996. The smallest absolute Gasteiger partial charge is 0.254 e. The number of thiazole rings is 1. The first-order valence-electron chi connectivity index (χ1n) is 7.04. The molecule has 1 saturated heterocycles. The van der Waals surface area contributed by atoms with Gasteiger partial charge in [-0.15, -0.1) is 0 Å². The van der Waals surface area contributed by atoms with Crippen LogP contribution in [0.3, 0.4) is 0 Å². The number of hydrogen-bond acceptors (Lipinski definition) is 4. The monoisotopic (exact) mass is 289 g/mol. The Bertz CT molecular complexity index is 664. The Labute approximate surface area is 122 Å². The van der Waals surface area contributed by atoms with Gasteiger partial charge in [-0.25, -0.2) is 4.98 Å². The van der Waals surface area contributed by atoms with Crippen LogP contribution in [0.15, 0.2) is 12.1 Å². The van der Waals surface area contributed by atoms with Gasteiger partial charge in [0.05, 0.1) is 10.2 Å². The molecule has 1 aromatic carbocycles. The Morgan fingerprint density at radius 3 is 3.00 bits per heavy atom. The van der Waals surface area contributed by atoms with Gasteiger partial charge in [-0.05, 0) is 50.8 Å². The fourth-order valence-corrected chi connectivity index (χ4v) is 3.75. The molecule has 1 aliphatic rings. The SMILES string of the molecule is Cc1cc(C(=O)N2CCCC[C@@H]2C)cc2sc(N)nc12. The predicted molar refractivity (Wildman–Crippen MR) is 83.1 cm³/mol. The summed E-state index contributed by atoms with van der Waals surface area (Å²) in [5.74, 6) is 0.133. The number of aryl methyl sites for hydroxylation is 1. The number of fused-ring (bicyclic) bond motifs is 1. The summed E-state index contributed by atoms with van der Waals surface area (Å²) >= 11 is 1.44. The zero-order valence-corrected chi connectivity index (χ0v) is 12.7. The van der Waals surface area contributed by atoms with E-state index in [0.717, 1.165) is 40.7 Å². The minimum absolute atomic E-state index is 0.133.